The van der Waals surface area contributed by atoms with E-state index in [9.17, 15) is 18.0 Å². The molecule has 1 aliphatic carbocycles. The number of nitrogens with zero attached hydrogens (tertiary/aromatic N) is 1. The van der Waals surface area contributed by atoms with E-state index in [1.54, 1.807) is 4.90 Å². The van der Waals surface area contributed by atoms with Crippen LogP contribution in [-0.4, -0.2) is 56.2 Å². The summed E-state index contributed by atoms with van der Waals surface area (Å²) in [4.78, 5) is 27.6. The topological polar surface area (TPSA) is 108 Å². The van der Waals surface area contributed by atoms with Crippen molar-refractivity contribution < 1.29 is 18.0 Å². The lowest BCUT2D eigenvalue weighted by Crippen LogP contribution is -2.62. The fourth-order valence-corrected chi connectivity index (χ4v) is 5.07. The molecule has 0 unspecified atom stereocenters. The van der Waals surface area contributed by atoms with E-state index in [1.165, 1.54) is 0 Å². The number of amides is 3. The molecule has 1 atom stereocenters. The van der Waals surface area contributed by atoms with Crippen molar-refractivity contribution in [3.05, 3.63) is 35.9 Å². The maximum absolute atomic E-state index is 13.3. The van der Waals surface area contributed by atoms with Crippen LogP contribution in [0.4, 0.5) is 4.79 Å². The van der Waals surface area contributed by atoms with E-state index >= 15 is 0 Å². The van der Waals surface area contributed by atoms with E-state index in [2.05, 4.69) is 15.4 Å². The van der Waals surface area contributed by atoms with Crippen molar-refractivity contribution in [2.75, 3.05) is 19.3 Å². The Hall–Kier alpha value is -2.13. The largest absolute Gasteiger partial charge is 0.339 e. The van der Waals surface area contributed by atoms with Crippen LogP contribution in [0.2, 0.25) is 0 Å². The monoisotopic (exact) mass is 422 g/mol. The molecule has 1 heterocycles. The molecule has 3 amide bonds. The van der Waals surface area contributed by atoms with E-state index in [0.29, 0.717) is 38.9 Å². The number of carbonyl (C=O) groups excluding carboxylic acids is 2. The normalized spacial score (nSPS) is 21.6. The molecule has 0 radical (unpaired) electrons. The summed E-state index contributed by atoms with van der Waals surface area (Å²) in [6, 6.07) is 8.96. The van der Waals surface area contributed by atoms with E-state index in [1.807, 2.05) is 30.3 Å². The van der Waals surface area contributed by atoms with Gasteiger partial charge in [-0.2, -0.15) is 0 Å². The van der Waals surface area contributed by atoms with Crippen molar-refractivity contribution in [1.29, 1.82) is 0 Å². The summed E-state index contributed by atoms with van der Waals surface area (Å²) in [6.07, 6.45) is 5.53. The van der Waals surface area contributed by atoms with Crippen molar-refractivity contribution >= 4 is 22.0 Å². The Labute approximate surface area is 172 Å². The number of likely N-dealkylation sites (tertiary alicyclic amines) is 1. The minimum atomic E-state index is -3.33. The van der Waals surface area contributed by atoms with Crippen molar-refractivity contribution in [3.8, 4) is 0 Å². The standard InChI is InChI=1S/C20H30N4O4S/c1-29(27,28)23-17-10-7-13-24(15-17)18(25)20(11-5-6-12-20)22-19(26)21-14-16-8-3-2-4-9-16/h2-4,8-9,17,23H,5-7,10-15H2,1H3,(H2,21,22,26)/t17-/m0/s1. The molecule has 160 valence electrons. The third-order valence-electron chi connectivity index (χ3n) is 5.60. The highest BCUT2D eigenvalue weighted by Gasteiger charge is 2.45. The molecular formula is C20H30N4O4S. The molecule has 2 fully saturated rings. The smallest absolute Gasteiger partial charge is 0.315 e. The molecule has 8 nitrogen and oxygen atoms in total. The second-order valence-electron chi connectivity index (χ2n) is 8.06. The zero-order chi connectivity index (χ0) is 20.9. The third-order valence-corrected chi connectivity index (χ3v) is 6.37. The van der Waals surface area contributed by atoms with Crippen LogP contribution in [0, 0.1) is 0 Å². The zero-order valence-electron chi connectivity index (χ0n) is 16.8. The SMILES string of the molecule is CS(=O)(=O)N[C@H]1CCCN(C(=O)C2(NC(=O)NCc3ccccc3)CCCC2)C1. The summed E-state index contributed by atoms with van der Waals surface area (Å²) in [5.74, 6) is -0.107. The molecule has 1 saturated carbocycles. The van der Waals surface area contributed by atoms with Crippen LogP contribution in [0.3, 0.4) is 0 Å². The molecule has 1 aliphatic heterocycles. The van der Waals surface area contributed by atoms with Crippen LogP contribution in [0.1, 0.15) is 44.1 Å². The highest BCUT2D eigenvalue weighted by Crippen LogP contribution is 2.32. The third kappa shape index (κ3) is 5.93. The van der Waals surface area contributed by atoms with Gasteiger partial charge in [-0.15, -0.1) is 0 Å². The van der Waals surface area contributed by atoms with E-state index in [4.69, 9.17) is 0 Å². The molecule has 0 spiro atoms. The van der Waals surface area contributed by atoms with Gasteiger partial charge in [0, 0.05) is 25.7 Å². The quantitative estimate of drug-likeness (QED) is 0.643. The number of sulfonamides is 1. The molecule has 1 aromatic carbocycles. The summed E-state index contributed by atoms with van der Waals surface area (Å²) < 4.78 is 25.7. The average Bonchev–Trinajstić information content (AvgIpc) is 3.15. The van der Waals surface area contributed by atoms with Gasteiger partial charge < -0.3 is 15.5 Å². The molecule has 9 heteroatoms. The van der Waals surface area contributed by atoms with Crippen molar-refractivity contribution in [2.24, 2.45) is 0 Å². The van der Waals surface area contributed by atoms with Gasteiger partial charge in [0.05, 0.1) is 6.26 Å². The zero-order valence-corrected chi connectivity index (χ0v) is 17.6. The second kappa shape index (κ2) is 9.13. The Morgan fingerprint density at radius 1 is 1.14 bits per heavy atom. The highest BCUT2D eigenvalue weighted by atomic mass is 32.2. The molecule has 29 heavy (non-hydrogen) atoms. The Kier molecular flexibility index (Phi) is 6.79. The summed E-state index contributed by atoms with van der Waals surface area (Å²) >= 11 is 0. The van der Waals surface area contributed by atoms with Crippen LogP contribution in [0.15, 0.2) is 30.3 Å². The number of piperidine rings is 1. The van der Waals surface area contributed by atoms with Gasteiger partial charge >= 0.3 is 6.03 Å². The number of hydrogen-bond acceptors (Lipinski definition) is 4. The van der Waals surface area contributed by atoms with Gasteiger partial charge in [0.15, 0.2) is 0 Å². The van der Waals surface area contributed by atoms with Gasteiger partial charge in [-0.05, 0) is 31.2 Å². The Morgan fingerprint density at radius 3 is 2.48 bits per heavy atom. The van der Waals surface area contributed by atoms with Crippen LogP contribution < -0.4 is 15.4 Å². The van der Waals surface area contributed by atoms with Gasteiger partial charge in [0.1, 0.15) is 5.54 Å². The second-order valence-corrected chi connectivity index (χ2v) is 9.84. The first kappa shape index (κ1) is 21.6. The number of carbonyl (C=O) groups is 2. The number of nitrogens with one attached hydrogen (secondary N) is 3. The summed E-state index contributed by atoms with van der Waals surface area (Å²) in [6.45, 7) is 1.30. The van der Waals surface area contributed by atoms with Gasteiger partial charge in [0.25, 0.3) is 0 Å². The number of hydrogen-bond donors (Lipinski definition) is 3. The molecule has 3 rings (SSSR count). The average molecular weight is 423 g/mol. The maximum Gasteiger partial charge on any atom is 0.315 e. The van der Waals surface area contributed by atoms with Gasteiger partial charge in [-0.3, -0.25) is 4.79 Å². The lowest BCUT2D eigenvalue weighted by molar-refractivity contribution is -0.139. The van der Waals surface area contributed by atoms with Gasteiger partial charge in [-0.25, -0.2) is 17.9 Å². The number of urea groups is 1. The van der Waals surface area contributed by atoms with Crippen LogP contribution in [0.5, 0.6) is 0 Å². The molecular weight excluding hydrogens is 392 g/mol. The Morgan fingerprint density at radius 2 is 1.83 bits per heavy atom. The van der Waals surface area contributed by atoms with Crippen LogP contribution in [-0.2, 0) is 21.4 Å². The molecule has 1 aromatic rings. The van der Waals surface area contributed by atoms with Crippen molar-refractivity contribution in [1.82, 2.24) is 20.3 Å². The summed E-state index contributed by atoms with van der Waals surface area (Å²) in [5.41, 5.74) is 0.0773. The summed E-state index contributed by atoms with van der Waals surface area (Å²) in [5, 5.41) is 5.78. The van der Waals surface area contributed by atoms with Crippen LogP contribution >= 0.6 is 0 Å². The predicted octanol–water partition coefficient (Wildman–Crippen LogP) is 1.34. The van der Waals surface area contributed by atoms with E-state index in [-0.39, 0.29) is 18.0 Å². The van der Waals surface area contributed by atoms with E-state index < -0.39 is 15.6 Å². The first-order valence-electron chi connectivity index (χ1n) is 10.1. The lowest BCUT2D eigenvalue weighted by atomic mass is 9.93. The minimum absolute atomic E-state index is 0.107. The summed E-state index contributed by atoms with van der Waals surface area (Å²) in [7, 11) is -3.33. The molecule has 2 aliphatic rings. The Balaban J connectivity index is 1.62. The molecule has 3 N–H and O–H groups in total. The fraction of sp³-hybridized carbons (Fsp3) is 0.600. The fourth-order valence-electron chi connectivity index (χ4n) is 4.27. The van der Waals surface area contributed by atoms with Crippen molar-refractivity contribution in [2.45, 2.75) is 56.7 Å². The van der Waals surface area contributed by atoms with E-state index in [0.717, 1.165) is 31.1 Å². The predicted molar refractivity (Wildman–Crippen MR) is 111 cm³/mol. The first-order chi connectivity index (χ1) is 13.8. The minimum Gasteiger partial charge on any atom is -0.339 e. The maximum atomic E-state index is 13.3. The highest BCUT2D eigenvalue weighted by molar-refractivity contribution is 7.88. The lowest BCUT2D eigenvalue weighted by Gasteiger charge is -2.39. The van der Waals surface area contributed by atoms with Gasteiger partial charge in [-0.1, -0.05) is 43.2 Å². The van der Waals surface area contributed by atoms with Gasteiger partial charge in [0.2, 0.25) is 15.9 Å². The number of rotatable bonds is 6. The first-order valence-corrected chi connectivity index (χ1v) is 12.0. The molecule has 0 bridgehead atoms. The molecule has 1 saturated heterocycles. The number of benzene rings is 1. The van der Waals surface area contributed by atoms with Crippen molar-refractivity contribution in [3.63, 3.8) is 0 Å². The van der Waals surface area contributed by atoms with Crippen LogP contribution in [0.25, 0.3) is 0 Å². The Bertz CT molecular complexity index is 822. The molecule has 0 aromatic heterocycles.